The van der Waals surface area contributed by atoms with Gasteiger partial charge < -0.3 is 10.6 Å². The molecule has 0 saturated carbocycles. The van der Waals surface area contributed by atoms with Gasteiger partial charge in [-0.05, 0) is 30.9 Å². The Morgan fingerprint density at radius 1 is 1.31 bits per heavy atom. The van der Waals surface area contributed by atoms with Crippen molar-refractivity contribution in [2.75, 3.05) is 18.0 Å². The van der Waals surface area contributed by atoms with E-state index in [9.17, 15) is 0 Å². The lowest BCUT2D eigenvalue weighted by Crippen LogP contribution is -2.34. The number of hydrogen-bond acceptors (Lipinski definition) is 2. The summed E-state index contributed by atoms with van der Waals surface area (Å²) in [6.07, 6.45) is 2.46. The highest BCUT2D eigenvalue weighted by atomic mass is 15.1. The molecule has 2 rings (SSSR count). The number of nitrogens with two attached hydrogens (primary N) is 1. The second-order valence-corrected chi connectivity index (χ2v) is 4.60. The number of amidine groups is 1. The van der Waals surface area contributed by atoms with Crippen molar-refractivity contribution in [2.24, 2.45) is 11.7 Å². The molecule has 0 unspecified atom stereocenters. The summed E-state index contributed by atoms with van der Waals surface area (Å²) < 4.78 is 0. The molecule has 3 heteroatoms. The molecular weight excluding hydrogens is 198 g/mol. The Labute approximate surface area is 96.8 Å². The van der Waals surface area contributed by atoms with Crippen molar-refractivity contribution >= 4 is 11.5 Å². The van der Waals surface area contributed by atoms with Crippen LogP contribution in [0.5, 0.6) is 0 Å². The van der Waals surface area contributed by atoms with Gasteiger partial charge in [0.25, 0.3) is 0 Å². The second-order valence-electron chi connectivity index (χ2n) is 4.60. The van der Waals surface area contributed by atoms with Crippen LogP contribution in [0.1, 0.15) is 25.3 Å². The fourth-order valence-corrected chi connectivity index (χ4v) is 2.23. The van der Waals surface area contributed by atoms with Crippen LogP contribution in [0.4, 0.5) is 5.69 Å². The Balaban J connectivity index is 2.23. The fraction of sp³-hybridized carbons (Fsp3) is 0.462. The van der Waals surface area contributed by atoms with E-state index in [0.717, 1.165) is 30.3 Å². The Hall–Kier alpha value is -1.51. The van der Waals surface area contributed by atoms with Crippen molar-refractivity contribution in [1.29, 1.82) is 5.41 Å². The molecule has 16 heavy (non-hydrogen) atoms. The van der Waals surface area contributed by atoms with E-state index in [1.54, 1.807) is 0 Å². The maximum absolute atomic E-state index is 7.59. The molecule has 0 aliphatic carbocycles. The molecule has 0 atom stereocenters. The van der Waals surface area contributed by atoms with Gasteiger partial charge in [-0.15, -0.1) is 0 Å². The lowest BCUT2D eigenvalue weighted by atomic mass is 9.98. The highest BCUT2D eigenvalue weighted by molar-refractivity contribution is 6.00. The quantitative estimate of drug-likeness (QED) is 0.589. The number of para-hydroxylation sites is 1. The lowest BCUT2D eigenvalue weighted by Gasteiger charge is -2.33. The van der Waals surface area contributed by atoms with Crippen LogP contribution in [-0.2, 0) is 0 Å². The minimum Gasteiger partial charge on any atom is -0.384 e. The Morgan fingerprint density at radius 2 is 1.94 bits per heavy atom. The van der Waals surface area contributed by atoms with Crippen LogP contribution in [0.15, 0.2) is 24.3 Å². The summed E-state index contributed by atoms with van der Waals surface area (Å²) in [4.78, 5) is 2.34. The van der Waals surface area contributed by atoms with Gasteiger partial charge in [-0.2, -0.15) is 0 Å². The van der Waals surface area contributed by atoms with E-state index in [1.807, 2.05) is 18.2 Å². The summed E-state index contributed by atoms with van der Waals surface area (Å²) in [5.74, 6) is 0.981. The van der Waals surface area contributed by atoms with Gasteiger partial charge in [0, 0.05) is 24.3 Å². The second kappa shape index (κ2) is 4.56. The van der Waals surface area contributed by atoms with Gasteiger partial charge in [0.05, 0.1) is 0 Å². The van der Waals surface area contributed by atoms with Gasteiger partial charge in [0.1, 0.15) is 5.84 Å². The van der Waals surface area contributed by atoms with Crippen LogP contribution >= 0.6 is 0 Å². The number of nitrogens with zero attached hydrogens (tertiary/aromatic N) is 1. The predicted molar refractivity (Wildman–Crippen MR) is 68.1 cm³/mol. The Kier molecular flexibility index (Phi) is 3.13. The number of hydrogen-bond donors (Lipinski definition) is 2. The third-order valence-electron chi connectivity index (χ3n) is 3.32. The average molecular weight is 217 g/mol. The van der Waals surface area contributed by atoms with E-state index in [-0.39, 0.29) is 5.84 Å². The van der Waals surface area contributed by atoms with Gasteiger partial charge in [0.15, 0.2) is 0 Å². The summed E-state index contributed by atoms with van der Waals surface area (Å²) in [7, 11) is 0. The third-order valence-corrected chi connectivity index (χ3v) is 3.32. The standard InChI is InChI=1S/C13H19N3/c1-10-6-8-16(9-7-10)12-5-3-2-4-11(12)13(14)15/h2-5,10H,6-9H2,1H3,(H3,14,15). The smallest absolute Gasteiger partial charge is 0.124 e. The largest absolute Gasteiger partial charge is 0.384 e. The molecular formula is C13H19N3. The zero-order valence-corrected chi connectivity index (χ0v) is 9.74. The topological polar surface area (TPSA) is 53.1 Å². The van der Waals surface area contributed by atoms with Crippen molar-refractivity contribution in [3.8, 4) is 0 Å². The maximum Gasteiger partial charge on any atom is 0.124 e. The molecule has 1 heterocycles. The fourth-order valence-electron chi connectivity index (χ4n) is 2.23. The van der Waals surface area contributed by atoms with Gasteiger partial charge >= 0.3 is 0 Å². The molecule has 86 valence electrons. The number of nitrogens with one attached hydrogen (secondary N) is 1. The van der Waals surface area contributed by atoms with Gasteiger partial charge in [0.2, 0.25) is 0 Å². The van der Waals surface area contributed by atoms with Crippen LogP contribution in [0, 0.1) is 11.3 Å². The molecule has 1 aromatic rings. The zero-order chi connectivity index (χ0) is 11.5. The van der Waals surface area contributed by atoms with E-state index in [2.05, 4.69) is 17.9 Å². The lowest BCUT2D eigenvalue weighted by molar-refractivity contribution is 0.438. The number of benzene rings is 1. The van der Waals surface area contributed by atoms with Crippen molar-refractivity contribution in [3.05, 3.63) is 29.8 Å². The highest BCUT2D eigenvalue weighted by Gasteiger charge is 2.18. The molecule has 1 aliphatic rings. The van der Waals surface area contributed by atoms with Gasteiger partial charge in [-0.25, -0.2) is 0 Å². The van der Waals surface area contributed by atoms with Crippen molar-refractivity contribution in [3.63, 3.8) is 0 Å². The SMILES string of the molecule is CC1CCN(c2ccccc2C(=N)N)CC1. The molecule has 0 bridgehead atoms. The summed E-state index contributed by atoms with van der Waals surface area (Å²) in [6, 6.07) is 7.94. The normalized spacial score (nSPS) is 17.4. The van der Waals surface area contributed by atoms with Crippen molar-refractivity contribution < 1.29 is 0 Å². The first-order valence-electron chi connectivity index (χ1n) is 5.87. The van der Waals surface area contributed by atoms with Crippen LogP contribution in [-0.4, -0.2) is 18.9 Å². The van der Waals surface area contributed by atoms with E-state index in [1.165, 1.54) is 12.8 Å². The first-order valence-corrected chi connectivity index (χ1v) is 5.87. The van der Waals surface area contributed by atoms with Crippen molar-refractivity contribution in [1.82, 2.24) is 0 Å². The summed E-state index contributed by atoms with van der Waals surface area (Å²) in [5.41, 5.74) is 7.58. The van der Waals surface area contributed by atoms with Crippen LogP contribution in [0.2, 0.25) is 0 Å². The Morgan fingerprint density at radius 3 is 2.56 bits per heavy atom. The molecule has 0 aromatic heterocycles. The average Bonchev–Trinajstić information content (AvgIpc) is 2.30. The Bertz CT molecular complexity index is 379. The molecule has 1 fully saturated rings. The summed E-state index contributed by atoms with van der Waals surface area (Å²) in [5, 5.41) is 7.59. The molecule has 1 aliphatic heterocycles. The predicted octanol–water partition coefficient (Wildman–Crippen LogP) is 2.21. The molecule has 3 nitrogen and oxygen atoms in total. The third kappa shape index (κ3) is 2.18. The van der Waals surface area contributed by atoms with E-state index < -0.39 is 0 Å². The zero-order valence-electron chi connectivity index (χ0n) is 9.74. The molecule has 0 amide bonds. The molecule has 1 aromatic carbocycles. The van der Waals surface area contributed by atoms with Gasteiger partial charge in [-0.1, -0.05) is 19.1 Å². The monoisotopic (exact) mass is 217 g/mol. The minimum atomic E-state index is 0.161. The molecule has 0 radical (unpaired) electrons. The molecule has 3 N–H and O–H groups in total. The van der Waals surface area contributed by atoms with Crippen LogP contribution in [0.3, 0.4) is 0 Å². The van der Waals surface area contributed by atoms with E-state index >= 15 is 0 Å². The minimum absolute atomic E-state index is 0.161. The number of anilines is 1. The number of rotatable bonds is 2. The first-order chi connectivity index (χ1) is 7.68. The molecule has 1 saturated heterocycles. The van der Waals surface area contributed by atoms with Gasteiger partial charge in [-0.3, -0.25) is 5.41 Å². The first kappa shape index (κ1) is 11.0. The highest BCUT2D eigenvalue weighted by Crippen LogP contribution is 2.25. The van der Waals surface area contributed by atoms with Crippen LogP contribution in [0.25, 0.3) is 0 Å². The van der Waals surface area contributed by atoms with Crippen molar-refractivity contribution in [2.45, 2.75) is 19.8 Å². The number of nitrogen functional groups attached to an aromatic ring is 1. The van der Waals surface area contributed by atoms with E-state index in [0.29, 0.717) is 0 Å². The number of piperidine rings is 1. The summed E-state index contributed by atoms with van der Waals surface area (Å²) >= 11 is 0. The maximum atomic E-state index is 7.59. The molecule has 0 spiro atoms. The van der Waals surface area contributed by atoms with Crippen LogP contribution < -0.4 is 10.6 Å². The van der Waals surface area contributed by atoms with E-state index in [4.69, 9.17) is 11.1 Å². The summed E-state index contributed by atoms with van der Waals surface area (Å²) in [6.45, 7) is 4.45.